The SMILES string of the molecule is CC1CN(CCCC2CCCO2)CCC1CN. The van der Waals surface area contributed by atoms with Gasteiger partial charge in [0.15, 0.2) is 0 Å². The Morgan fingerprint density at radius 2 is 2.24 bits per heavy atom. The Morgan fingerprint density at radius 1 is 1.35 bits per heavy atom. The van der Waals surface area contributed by atoms with Gasteiger partial charge in [0.05, 0.1) is 6.10 Å². The number of nitrogens with zero attached hydrogens (tertiary/aromatic N) is 1. The molecule has 2 rings (SSSR count). The lowest BCUT2D eigenvalue weighted by atomic mass is 9.87. The van der Waals surface area contributed by atoms with Crippen LogP contribution in [0.3, 0.4) is 0 Å². The number of rotatable bonds is 5. The predicted octanol–water partition coefficient (Wildman–Crippen LogP) is 1.86. The summed E-state index contributed by atoms with van der Waals surface area (Å²) < 4.78 is 5.66. The van der Waals surface area contributed by atoms with Crippen LogP contribution >= 0.6 is 0 Å². The second-order valence-corrected chi connectivity index (χ2v) is 5.84. The Hall–Kier alpha value is -0.120. The van der Waals surface area contributed by atoms with Gasteiger partial charge in [0, 0.05) is 13.2 Å². The minimum atomic E-state index is 0.564. The summed E-state index contributed by atoms with van der Waals surface area (Å²) in [5, 5.41) is 0. The molecule has 0 aromatic rings. The van der Waals surface area contributed by atoms with E-state index in [4.69, 9.17) is 10.5 Å². The summed E-state index contributed by atoms with van der Waals surface area (Å²) in [5.41, 5.74) is 5.79. The molecule has 2 N–H and O–H groups in total. The first kappa shape index (κ1) is 13.3. The average Bonchev–Trinajstić information content (AvgIpc) is 2.82. The number of hydrogen-bond donors (Lipinski definition) is 1. The first-order valence-electron chi connectivity index (χ1n) is 7.33. The van der Waals surface area contributed by atoms with Crippen molar-refractivity contribution in [2.45, 2.75) is 45.1 Å². The Morgan fingerprint density at radius 3 is 2.88 bits per heavy atom. The van der Waals surface area contributed by atoms with Gasteiger partial charge in [-0.05, 0) is 63.6 Å². The number of nitrogens with two attached hydrogens (primary N) is 1. The first-order chi connectivity index (χ1) is 8.29. The number of piperidine rings is 1. The first-order valence-corrected chi connectivity index (χ1v) is 7.33. The van der Waals surface area contributed by atoms with Crippen molar-refractivity contribution >= 4 is 0 Å². The van der Waals surface area contributed by atoms with Crippen LogP contribution in [0.1, 0.15) is 39.0 Å². The van der Waals surface area contributed by atoms with E-state index in [2.05, 4.69) is 11.8 Å². The third-order valence-corrected chi connectivity index (χ3v) is 4.49. The molecule has 3 atom stereocenters. The van der Waals surface area contributed by atoms with Crippen molar-refractivity contribution in [2.24, 2.45) is 17.6 Å². The summed E-state index contributed by atoms with van der Waals surface area (Å²) in [6, 6.07) is 0. The highest BCUT2D eigenvalue weighted by Crippen LogP contribution is 2.23. The van der Waals surface area contributed by atoms with E-state index in [1.54, 1.807) is 0 Å². The zero-order valence-corrected chi connectivity index (χ0v) is 11.2. The summed E-state index contributed by atoms with van der Waals surface area (Å²) in [5.74, 6) is 1.53. The summed E-state index contributed by atoms with van der Waals surface area (Å²) in [7, 11) is 0. The van der Waals surface area contributed by atoms with E-state index in [0.29, 0.717) is 6.10 Å². The van der Waals surface area contributed by atoms with Crippen LogP contribution in [-0.2, 0) is 4.74 Å². The molecule has 2 saturated heterocycles. The molecule has 0 aromatic carbocycles. The van der Waals surface area contributed by atoms with E-state index in [9.17, 15) is 0 Å². The molecular weight excluding hydrogens is 212 g/mol. The standard InChI is InChI=1S/C14H28N2O/c1-12-11-16(8-6-13(12)10-15)7-2-4-14-5-3-9-17-14/h12-14H,2-11,15H2,1H3. The molecule has 2 heterocycles. The predicted molar refractivity (Wildman–Crippen MR) is 71.0 cm³/mol. The van der Waals surface area contributed by atoms with Crippen molar-refractivity contribution < 1.29 is 4.74 Å². The number of hydrogen-bond acceptors (Lipinski definition) is 3. The zero-order chi connectivity index (χ0) is 12.1. The monoisotopic (exact) mass is 240 g/mol. The lowest BCUT2D eigenvalue weighted by Crippen LogP contribution is -2.42. The maximum absolute atomic E-state index is 5.79. The van der Waals surface area contributed by atoms with Crippen molar-refractivity contribution in [3.63, 3.8) is 0 Å². The quantitative estimate of drug-likeness (QED) is 0.797. The maximum atomic E-state index is 5.79. The normalized spacial score (nSPS) is 35.3. The van der Waals surface area contributed by atoms with Crippen LogP contribution in [0.25, 0.3) is 0 Å². The Labute approximate surface area is 106 Å². The lowest BCUT2D eigenvalue weighted by Gasteiger charge is -2.36. The number of likely N-dealkylation sites (tertiary alicyclic amines) is 1. The molecule has 100 valence electrons. The highest BCUT2D eigenvalue weighted by Gasteiger charge is 2.24. The van der Waals surface area contributed by atoms with Gasteiger partial charge in [0.1, 0.15) is 0 Å². The molecule has 17 heavy (non-hydrogen) atoms. The molecule has 2 aliphatic heterocycles. The second kappa shape index (κ2) is 6.72. The maximum Gasteiger partial charge on any atom is 0.0576 e. The fraction of sp³-hybridized carbons (Fsp3) is 1.00. The van der Waals surface area contributed by atoms with Crippen molar-refractivity contribution in [2.75, 3.05) is 32.8 Å². The Balaban J connectivity index is 1.60. The topological polar surface area (TPSA) is 38.5 Å². The van der Waals surface area contributed by atoms with Gasteiger partial charge in [-0.2, -0.15) is 0 Å². The molecule has 0 saturated carbocycles. The van der Waals surface area contributed by atoms with Crippen LogP contribution in [0.4, 0.5) is 0 Å². The largest absolute Gasteiger partial charge is 0.378 e. The summed E-state index contributed by atoms with van der Waals surface area (Å²) >= 11 is 0. The van der Waals surface area contributed by atoms with Crippen LogP contribution in [0.2, 0.25) is 0 Å². The molecule has 0 bridgehead atoms. The van der Waals surface area contributed by atoms with Crippen molar-refractivity contribution in [1.82, 2.24) is 4.90 Å². The van der Waals surface area contributed by atoms with Crippen molar-refractivity contribution in [3.05, 3.63) is 0 Å². The number of ether oxygens (including phenoxy) is 1. The fourth-order valence-corrected chi connectivity index (χ4v) is 3.25. The fourth-order valence-electron chi connectivity index (χ4n) is 3.25. The molecule has 0 aliphatic carbocycles. The molecule has 3 heteroatoms. The molecule has 2 fully saturated rings. The minimum absolute atomic E-state index is 0.564. The van der Waals surface area contributed by atoms with E-state index in [1.807, 2.05) is 0 Å². The molecule has 3 nitrogen and oxygen atoms in total. The van der Waals surface area contributed by atoms with Crippen LogP contribution in [0.15, 0.2) is 0 Å². The summed E-state index contributed by atoms with van der Waals surface area (Å²) in [6.07, 6.45) is 6.96. The third-order valence-electron chi connectivity index (χ3n) is 4.49. The smallest absolute Gasteiger partial charge is 0.0576 e. The molecular formula is C14H28N2O. The molecule has 0 radical (unpaired) electrons. The average molecular weight is 240 g/mol. The van der Waals surface area contributed by atoms with E-state index in [0.717, 1.165) is 25.0 Å². The molecule has 0 aromatic heterocycles. The van der Waals surface area contributed by atoms with Gasteiger partial charge in [0.2, 0.25) is 0 Å². The van der Waals surface area contributed by atoms with Gasteiger partial charge in [-0.15, -0.1) is 0 Å². The summed E-state index contributed by atoms with van der Waals surface area (Å²) in [6.45, 7) is 7.95. The molecule has 0 amide bonds. The zero-order valence-electron chi connectivity index (χ0n) is 11.2. The van der Waals surface area contributed by atoms with Gasteiger partial charge in [0.25, 0.3) is 0 Å². The van der Waals surface area contributed by atoms with Crippen LogP contribution in [0.5, 0.6) is 0 Å². The minimum Gasteiger partial charge on any atom is -0.378 e. The molecule has 3 unspecified atom stereocenters. The van der Waals surface area contributed by atoms with Crippen LogP contribution in [-0.4, -0.2) is 43.8 Å². The van der Waals surface area contributed by atoms with Crippen LogP contribution < -0.4 is 5.73 Å². The van der Waals surface area contributed by atoms with E-state index < -0.39 is 0 Å². The van der Waals surface area contributed by atoms with E-state index >= 15 is 0 Å². The van der Waals surface area contributed by atoms with Crippen molar-refractivity contribution in [1.29, 1.82) is 0 Å². The van der Waals surface area contributed by atoms with Gasteiger partial charge in [-0.1, -0.05) is 6.92 Å². The third kappa shape index (κ3) is 3.94. The Bertz CT molecular complexity index is 216. The van der Waals surface area contributed by atoms with E-state index in [-0.39, 0.29) is 0 Å². The molecule has 0 spiro atoms. The lowest BCUT2D eigenvalue weighted by molar-refractivity contribution is 0.0906. The second-order valence-electron chi connectivity index (χ2n) is 5.84. The highest BCUT2D eigenvalue weighted by atomic mass is 16.5. The summed E-state index contributed by atoms with van der Waals surface area (Å²) in [4.78, 5) is 2.62. The van der Waals surface area contributed by atoms with Crippen molar-refractivity contribution in [3.8, 4) is 0 Å². The van der Waals surface area contributed by atoms with Gasteiger partial charge in [-0.25, -0.2) is 0 Å². The Kier molecular flexibility index (Phi) is 5.26. The van der Waals surface area contributed by atoms with Crippen LogP contribution in [0, 0.1) is 11.8 Å². The van der Waals surface area contributed by atoms with Gasteiger partial charge < -0.3 is 15.4 Å². The van der Waals surface area contributed by atoms with E-state index in [1.165, 1.54) is 51.7 Å². The molecule has 2 aliphatic rings. The van der Waals surface area contributed by atoms with Gasteiger partial charge >= 0.3 is 0 Å². The van der Waals surface area contributed by atoms with Gasteiger partial charge in [-0.3, -0.25) is 0 Å². The highest BCUT2D eigenvalue weighted by molar-refractivity contribution is 4.78.